The third kappa shape index (κ3) is 5.45. The molecular formula is C21H25ClO3S. The van der Waals surface area contributed by atoms with Gasteiger partial charge in [-0.3, -0.25) is 0 Å². The molecule has 0 amide bonds. The van der Waals surface area contributed by atoms with Gasteiger partial charge in [-0.25, -0.2) is 0 Å². The van der Waals surface area contributed by atoms with E-state index in [0.29, 0.717) is 17.9 Å². The summed E-state index contributed by atoms with van der Waals surface area (Å²) in [4.78, 5) is 0.830. The second-order valence-electron chi connectivity index (χ2n) is 6.24. The number of phenolic OH excluding ortho intramolecular Hbond substituents is 1. The van der Waals surface area contributed by atoms with Crippen molar-refractivity contribution in [1.82, 2.24) is 0 Å². The van der Waals surface area contributed by atoms with Crippen LogP contribution in [0.2, 0.25) is 5.02 Å². The summed E-state index contributed by atoms with van der Waals surface area (Å²) in [5, 5.41) is 32.9. The summed E-state index contributed by atoms with van der Waals surface area (Å²) in [7, 11) is 0. The van der Waals surface area contributed by atoms with Crippen LogP contribution in [0.3, 0.4) is 0 Å². The number of hydrogen-bond donors (Lipinski definition) is 3. The van der Waals surface area contributed by atoms with Crippen LogP contribution in [0.15, 0.2) is 53.9 Å². The van der Waals surface area contributed by atoms with Gasteiger partial charge in [0.1, 0.15) is 5.75 Å². The number of phenols is 1. The molecular weight excluding hydrogens is 368 g/mol. The molecule has 2 rings (SSSR count). The minimum atomic E-state index is -0.747. The summed E-state index contributed by atoms with van der Waals surface area (Å²) in [6, 6.07) is 8.64. The zero-order valence-electron chi connectivity index (χ0n) is 14.8. The van der Waals surface area contributed by atoms with Gasteiger partial charge < -0.3 is 15.3 Å². The molecule has 0 aliphatic carbocycles. The van der Waals surface area contributed by atoms with Gasteiger partial charge in [0.2, 0.25) is 0 Å². The van der Waals surface area contributed by atoms with Crippen LogP contribution in [0, 0.1) is 5.92 Å². The monoisotopic (exact) mass is 392 g/mol. The number of thiophene rings is 1. The number of rotatable bonds is 9. The summed E-state index contributed by atoms with van der Waals surface area (Å²) in [5.41, 5.74) is 1.99. The molecule has 0 aliphatic heterocycles. The van der Waals surface area contributed by atoms with Crippen molar-refractivity contribution < 1.29 is 15.3 Å². The second kappa shape index (κ2) is 9.93. The van der Waals surface area contributed by atoms with Gasteiger partial charge in [-0.1, -0.05) is 42.3 Å². The first-order chi connectivity index (χ1) is 12.5. The van der Waals surface area contributed by atoms with E-state index >= 15 is 0 Å². The van der Waals surface area contributed by atoms with Gasteiger partial charge in [0.15, 0.2) is 0 Å². The zero-order valence-corrected chi connectivity index (χ0v) is 16.4. The number of halogens is 1. The molecule has 5 heteroatoms. The molecule has 1 heterocycles. The third-order valence-electron chi connectivity index (χ3n) is 4.47. The maximum absolute atomic E-state index is 10.6. The molecule has 2 aromatic rings. The van der Waals surface area contributed by atoms with Gasteiger partial charge in [0.25, 0.3) is 0 Å². The van der Waals surface area contributed by atoms with Crippen LogP contribution in [0.1, 0.15) is 42.7 Å². The molecule has 0 fully saturated rings. The highest BCUT2D eigenvalue weighted by molar-refractivity contribution is 7.10. The van der Waals surface area contributed by atoms with Gasteiger partial charge >= 0.3 is 0 Å². The summed E-state index contributed by atoms with van der Waals surface area (Å²) >= 11 is 7.64. The third-order valence-corrected chi connectivity index (χ3v) is 5.75. The minimum absolute atomic E-state index is 0.136. The second-order valence-corrected chi connectivity index (χ2v) is 7.63. The van der Waals surface area contributed by atoms with E-state index in [1.807, 2.05) is 23.6 Å². The highest BCUT2D eigenvalue weighted by Crippen LogP contribution is 2.32. The lowest BCUT2D eigenvalue weighted by Gasteiger charge is -2.24. The highest BCUT2D eigenvalue weighted by atomic mass is 35.5. The van der Waals surface area contributed by atoms with E-state index in [9.17, 15) is 15.3 Å². The van der Waals surface area contributed by atoms with Gasteiger partial charge in [0.05, 0.1) is 17.2 Å². The standard InChI is InChI=1S/C21H25ClO3S/c1-3-14(12-15-8-9-16(23)13-18(15)22)7-10-19(24)17(4-2)21(25)20-6-5-11-26-20/h4-6,8-9,11-13,17,19,21,23-25H,2-3,7,10H2,1H3/b14-12+/t17-,19-,21+/m1/s1. The van der Waals surface area contributed by atoms with Gasteiger partial charge in [-0.05, 0) is 54.5 Å². The van der Waals surface area contributed by atoms with Crippen LogP contribution >= 0.6 is 22.9 Å². The Hall–Kier alpha value is -1.59. The first-order valence-electron chi connectivity index (χ1n) is 8.66. The zero-order chi connectivity index (χ0) is 19.1. The smallest absolute Gasteiger partial charge is 0.117 e. The lowest BCUT2D eigenvalue weighted by Crippen LogP contribution is -2.24. The van der Waals surface area contributed by atoms with Crippen molar-refractivity contribution in [1.29, 1.82) is 0 Å². The molecule has 0 saturated heterocycles. The lowest BCUT2D eigenvalue weighted by molar-refractivity contribution is 0.0336. The largest absolute Gasteiger partial charge is 0.508 e. The van der Waals surface area contributed by atoms with E-state index in [4.69, 9.17) is 11.6 Å². The van der Waals surface area contributed by atoms with Crippen molar-refractivity contribution in [3.05, 3.63) is 69.4 Å². The van der Waals surface area contributed by atoms with Crippen molar-refractivity contribution >= 4 is 29.0 Å². The molecule has 3 nitrogen and oxygen atoms in total. The Morgan fingerprint density at radius 2 is 2.08 bits per heavy atom. The predicted molar refractivity (Wildman–Crippen MR) is 110 cm³/mol. The van der Waals surface area contributed by atoms with E-state index in [0.717, 1.165) is 22.4 Å². The number of benzene rings is 1. The Morgan fingerprint density at radius 3 is 2.65 bits per heavy atom. The lowest BCUT2D eigenvalue weighted by atomic mass is 9.90. The van der Waals surface area contributed by atoms with Crippen molar-refractivity contribution in [3.63, 3.8) is 0 Å². The van der Waals surface area contributed by atoms with Gasteiger partial charge in [-0.2, -0.15) is 0 Å². The Kier molecular flexibility index (Phi) is 7.91. The maximum atomic E-state index is 10.6. The van der Waals surface area contributed by atoms with Gasteiger partial charge in [-0.15, -0.1) is 17.9 Å². The quantitative estimate of drug-likeness (QED) is 0.488. The molecule has 140 valence electrons. The Balaban J connectivity index is 2.04. The van der Waals surface area contributed by atoms with Crippen LogP contribution < -0.4 is 0 Å². The molecule has 0 bridgehead atoms. The fourth-order valence-corrected chi connectivity index (χ4v) is 3.87. The van der Waals surface area contributed by atoms with Crippen molar-refractivity contribution in [2.75, 3.05) is 0 Å². The van der Waals surface area contributed by atoms with Crippen molar-refractivity contribution in [3.8, 4) is 5.75 Å². The first kappa shape index (κ1) is 20.7. The average Bonchev–Trinajstić information content (AvgIpc) is 3.15. The SMILES string of the molecule is C=C[C@H]([C@H](O)CC/C(=C/c1ccc(O)cc1Cl)CC)[C@H](O)c1cccs1. The van der Waals surface area contributed by atoms with Crippen LogP contribution in [-0.2, 0) is 0 Å². The Morgan fingerprint density at radius 1 is 1.31 bits per heavy atom. The Bertz CT molecular complexity index is 740. The van der Waals surface area contributed by atoms with Crippen LogP contribution in [0.4, 0.5) is 0 Å². The van der Waals surface area contributed by atoms with E-state index in [1.54, 1.807) is 18.2 Å². The molecule has 3 N–H and O–H groups in total. The number of hydrogen-bond acceptors (Lipinski definition) is 4. The first-order valence-corrected chi connectivity index (χ1v) is 9.92. The number of allylic oxidation sites excluding steroid dienone is 1. The molecule has 1 aromatic carbocycles. The fraction of sp³-hybridized carbons (Fsp3) is 0.333. The molecule has 26 heavy (non-hydrogen) atoms. The fourth-order valence-electron chi connectivity index (χ4n) is 2.88. The minimum Gasteiger partial charge on any atom is -0.508 e. The van der Waals surface area contributed by atoms with Crippen LogP contribution in [0.5, 0.6) is 5.75 Å². The number of aliphatic hydroxyl groups is 2. The van der Waals surface area contributed by atoms with E-state index in [1.165, 1.54) is 17.4 Å². The molecule has 0 unspecified atom stereocenters. The predicted octanol–water partition coefficient (Wildman–Crippen LogP) is 5.58. The number of aromatic hydroxyl groups is 1. The van der Waals surface area contributed by atoms with Crippen molar-refractivity contribution in [2.45, 2.75) is 38.4 Å². The highest BCUT2D eigenvalue weighted by Gasteiger charge is 2.26. The van der Waals surface area contributed by atoms with Crippen LogP contribution in [-0.4, -0.2) is 21.4 Å². The summed E-state index contributed by atoms with van der Waals surface area (Å²) < 4.78 is 0. The van der Waals surface area contributed by atoms with E-state index in [2.05, 4.69) is 13.5 Å². The van der Waals surface area contributed by atoms with Crippen molar-refractivity contribution in [2.24, 2.45) is 5.92 Å². The summed E-state index contributed by atoms with van der Waals surface area (Å²) in [6.45, 7) is 5.83. The maximum Gasteiger partial charge on any atom is 0.117 e. The normalized spacial score (nSPS) is 15.5. The van der Waals surface area contributed by atoms with Gasteiger partial charge in [0, 0.05) is 10.8 Å². The molecule has 0 saturated carbocycles. The molecule has 0 radical (unpaired) electrons. The Labute approximate surface area is 163 Å². The molecule has 1 aromatic heterocycles. The van der Waals surface area contributed by atoms with Crippen LogP contribution in [0.25, 0.3) is 6.08 Å². The summed E-state index contributed by atoms with van der Waals surface area (Å²) in [6.07, 6.45) is 4.23. The topological polar surface area (TPSA) is 60.7 Å². The summed E-state index contributed by atoms with van der Waals surface area (Å²) in [5.74, 6) is -0.277. The van der Waals surface area contributed by atoms with E-state index in [-0.39, 0.29) is 5.75 Å². The molecule has 0 aliphatic rings. The van der Waals surface area contributed by atoms with E-state index < -0.39 is 18.1 Å². The number of aliphatic hydroxyl groups excluding tert-OH is 2. The average molecular weight is 393 g/mol. The molecule has 3 atom stereocenters. The molecule has 0 spiro atoms.